The van der Waals surface area contributed by atoms with Gasteiger partial charge in [0.05, 0.1) is 4.91 Å². The van der Waals surface area contributed by atoms with E-state index in [0.717, 1.165) is 22.2 Å². The van der Waals surface area contributed by atoms with Gasteiger partial charge in [0.1, 0.15) is 6.54 Å². The van der Waals surface area contributed by atoms with Crippen LogP contribution in [0.15, 0.2) is 59.8 Å². The highest BCUT2D eigenvalue weighted by molar-refractivity contribution is 8.18. The predicted molar refractivity (Wildman–Crippen MR) is 92.0 cm³/mol. The van der Waals surface area contributed by atoms with Crippen molar-refractivity contribution in [2.45, 2.75) is 0 Å². The van der Waals surface area contributed by atoms with Gasteiger partial charge in [0.25, 0.3) is 11.1 Å². The molecule has 24 heavy (non-hydrogen) atoms. The van der Waals surface area contributed by atoms with E-state index >= 15 is 0 Å². The fraction of sp³-hybridized carbons (Fsp3) is 0.0588. The van der Waals surface area contributed by atoms with Gasteiger partial charge in [-0.2, -0.15) is 0 Å². The minimum Gasteiger partial charge on any atom is -0.325 e. The maximum absolute atomic E-state index is 12.3. The molecule has 0 atom stereocenters. The van der Waals surface area contributed by atoms with Gasteiger partial charge < -0.3 is 5.32 Å². The highest BCUT2D eigenvalue weighted by atomic mass is 32.2. The molecule has 2 aromatic rings. The Hall–Kier alpha value is -2.93. The first-order valence-corrected chi connectivity index (χ1v) is 7.95. The maximum Gasteiger partial charge on any atom is 0.294 e. The summed E-state index contributed by atoms with van der Waals surface area (Å²) in [5.41, 5.74) is 1.38. The van der Waals surface area contributed by atoms with Crippen LogP contribution in [0.25, 0.3) is 6.08 Å². The van der Waals surface area contributed by atoms with Crippen molar-refractivity contribution in [3.63, 3.8) is 0 Å². The molecule has 0 saturated carbocycles. The Bertz CT molecular complexity index is 806. The Morgan fingerprint density at radius 2 is 1.83 bits per heavy atom. The number of carbonyl (C=O) groups excluding carboxylic acids is 3. The minimum atomic E-state index is -0.468. The van der Waals surface area contributed by atoms with Crippen molar-refractivity contribution in [3.8, 4) is 0 Å². The number of pyridine rings is 1. The number of aromatic nitrogens is 1. The van der Waals surface area contributed by atoms with E-state index < -0.39 is 17.1 Å². The molecule has 120 valence electrons. The summed E-state index contributed by atoms with van der Waals surface area (Å²) in [6, 6.07) is 12.3. The van der Waals surface area contributed by atoms with Gasteiger partial charge in [-0.05, 0) is 47.7 Å². The van der Waals surface area contributed by atoms with E-state index in [0.29, 0.717) is 10.6 Å². The molecule has 2 heterocycles. The molecular weight excluding hydrogens is 326 g/mol. The Morgan fingerprint density at radius 3 is 2.54 bits per heavy atom. The number of para-hydroxylation sites is 1. The molecule has 1 aromatic carbocycles. The van der Waals surface area contributed by atoms with Crippen LogP contribution < -0.4 is 5.32 Å². The minimum absolute atomic E-state index is 0.290. The van der Waals surface area contributed by atoms with Gasteiger partial charge in [0.2, 0.25) is 5.91 Å². The number of carbonyl (C=O) groups is 3. The molecular formula is C17H13N3O3S. The van der Waals surface area contributed by atoms with Crippen LogP contribution in [-0.2, 0) is 9.59 Å². The predicted octanol–water partition coefficient (Wildman–Crippen LogP) is 2.76. The third-order valence-electron chi connectivity index (χ3n) is 3.24. The molecule has 1 fully saturated rings. The number of anilines is 1. The summed E-state index contributed by atoms with van der Waals surface area (Å²) < 4.78 is 0. The molecule has 0 spiro atoms. The number of hydrogen-bond acceptors (Lipinski definition) is 5. The lowest BCUT2D eigenvalue weighted by Crippen LogP contribution is -2.36. The van der Waals surface area contributed by atoms with E-state index in [1.807, 2.05) is 6.07 Å². The molecule has 1 N–H and O–H groups in total. The zero-order chi connectivity index (χ0) is 16.9. The fourth-order valence-corrected chi connectivity index (χ4v) is 2.95. The van der Waals surface area contributed by atoms with Crippen LogP contribution >= 0.6 is 11.8 Å². The van der Waals surface area contributed by atoms with Crippen molar-refractivity contribution >= 4 is 40.6 Å². The zero-order valence-corrected chi connectivity index (χ0v) is 13.3. The Labute approximate surface area is 142 Å². The van der Waals surface area contributed by atoms with Crippen LogP contribution in [0.2, 0.25) is 0 Å². The van der Waals surface area contributed by atoms with E-state index in [2.05, 4.69) is 10.3 Å². The van der Waals surface area contributed by atoms with Crippen LogP contribution in [0.4, 0.5) is 10.5 Å². The second kappa shape index (κ2) is 7.10. The molecule has 3 amide bonds. The van der Waals surface area contributed by atoms with E-state index in [1.54, 1.807) is 54.9 Å². The third-order valence-corrected chi connectivity index (χ3v) is 4.14. The first-order valence-electron chi connectivity index (χ1n) is 7.14. The number of hydrogen-bond donors (Lipinski definition) is 1. The van der Waals surface area contributed by atoms with Crippen molar-refractivity contribution in [3.05, 3.63) is 65.3 Å². The Morgan fingerprint density at radius 1 is 1.12 bits per heavy atom. The number of nitrogens with one attached hydrogen (secondary N) is 1. The zero-order valence-electron chi connectivity index (χ0n) is 12.5. The highest BCUT2D eigenvalue weighted by Gasteiger charge is 2.36. The topological polar surface area (TPSA) is 79.4 Å². The van der Waals surface area contributed by atoms with Gasteiger partial charge in [-0.15, -0.1) is 0 Å². The summed E-state index contributed by atoms with van der Waals surface area (Å²) in [5, 5.41) is 2.20. The third kappa shape index (κ3) is 3.69. The van der Waals surface area contributed by atoms with Gasteiger partial charge in [0, 0.05) is 18.1 Å². The average Bonchev–Trinajstić information content (AvgIpc) is 2.84. The van der Waals surface area contributed by atoms with Crippen LogP contribution in [0.3, 0.4) is 0 Å². The summed E-state index contributed by atoms with van der Waals surface area (Å²) in [6.07, 6.45) is 4.81. The van der Waals surface area contributed by atoms with Crippen LogP contribution in [0.5, 0.6) is 0 Å². The van der Waals surface area contributed by atoms with Crippen molar-refractivity contribution in [1.82, 2.24) is 9.88 Å². The van der Waals surface area contributed by atoms with Crippen molar-refractivity contribution in [2.75, 3.05) is 11.9 Å². The normalized spacial score (nSPS) is 15.8. The van der Waals surface area contributed by atoms with Gasteiger partial charge in [-0.1, -0.05) is 18.2 Å². The number of benzene rings is 1. The number of rotatable bonds is 4. The van der Waals surface area contributed by atoms with Crippen molar-refractivity contribution in [2.24, 2.45) is 0 Å². The van der Waals surface area contributed by atoms with E-state index in [4.69, 9.17) is 0 Å². The number of imide groups is 1. The van der Waals surface area contributed by atoms with Crippen LogP contribution in [0, 0.1) is 0 Å². The van der Waals surface area contributed by atoms with Gasteiger partial charge in [0.15, 0.2) is 0 Å². The lowest BCUT2D eigenvalue weighted by molar-refractivity contribution is -0.127. The lowest BCUT2D eigenvalue weighted by Gasteiger charge is -2.12. The molecule has 7 heteroatoms. The molecule has 1 aliphatic heterocycles. The van der Waals surface area contributed by atoms with E-state index in [-0.39, 0.29) is 6.54 Å². The molecule has 1 aromatic heterocycles. The van der Waals surface area contributed by atoms with Gasteiger partial charge in [-0.3, -0.25) is 24.3 Å². The largest absolute Gasteiger partial charge is 0.325 e. The fourth-order valence-electron chi connectivity index (χ4n) is 2.11. The molecule has 0 unspecified atom stereocenters. The van der Waals surface area contributed by atoms with E-state index in [9.17, 15) is 14.4 Å². The standard InChI is InChI=1S/C17H13N3O3S/c21-15(19-13-4-2-1-3-5-13)11-20-16(22)14(24-17(20)23)10-12-6-8-18-9-7-12/h1-10H,11H2,(H,19,21)/b14-10+. The summed E-state index contributed by atoms with van der Waals surface area (Å²) in [7, 11) is 0. The van der Waals surface area contributed by atoms with Crippen LogP contribution in [0.1, 0.15) is 5.56 Å². The maximum atomic E-state index is 12.3. The van der Waals surface area contributed by atoms with Crippen molar-refractivity contribution < 1.29 is 14.4 Å². The first kappa shape index (κ1) is 15.9. The molecule has 0 radical (unpaired) electrons. The highest BCUT2D eigenvalue weighted by Crippen LogP contribution is 2.31. The smallest absolute Gasteiger partial charge is 0.294 e. The Balaban J connectivity index is 1.68. The number of thioether (sulfide) groups is 1. The average molecular weight is 339 g/mol. The summed E-state index contributed by atoms with van der Waals surface area (Å²) in [5.74, 6) is -0.890. The number of amides is 3. The molecule has 1 aliphatic rings. The SMILES string of the molecule is O=C(CN1C(=O)S/C(=C/c2ccncc2)C1=O)Nc1ccccc1. The Kier molecular flexibility index (Phi) is 4.72. The molecule has 0 aliphatic carbocycles. The molecule has 0 bridgehead atoms. The quantitative estimate of drug-likeness (QED) is 0.867. The summed E-state index contributed by atoms with van der Waals surface area (Å²) in [6.45, 7) is -0.312. The summed E-state index contributed by atoms with van der Waals surface area (Å²) >= 11 is 0.823. The lowest BCUT2D eigenvalue weighted by atomic mass is 10.2. The van der Waals surface area contributed by atoms with Gasteiger partial charge >= 0.3 is 0 Å². The van der Waals surface area contributed by atoms with Crippen molar-refractivity contribution in [1.29, 1.82) is 0 Å². The second-order valence-electron chi connectivity index (χ2n) is 4.96. The second-order valence-corrected chi connectivity index (χ2v) is 5.96. The summed E-state index contributed by atoms with van der Waals surface area (Å²) in [4.78, 5) is 41.5. The first-order chi connectivity index (χ1) is 11.6. The van der Waals surface area contributed by atoms with E-state index in [1.165, 1.54) is 0 Å². The van der Waals surface area contributed by atoms with Crippen LogP contribution in [-0.4, -0.2) is 33.5 Å². The number of nitrogens with zero attached hydrogens (tertiary/aromatic N) is 2. The molecule has 6 nitrogen and oxygen atoms in total. The molecule has 3 rings (SSSR count). The molecule has 1 saturated heterocycles. The van der Waals surface area contributed by atoms with Gasteiger partial charge in [-0.25, -0.2) is 0 Å². The monoisotopic (exact) mass is 339 g/mol.